The molecule has 0 N–H and O–H groups in total. The largest absolute Gasteiger partial charge is 0.489 e. The summed E-state index contributed by atoms with van der Waals surface area (Å²) >= 11 is 0. The first kappa shape index (κ1) is 20.9. The first-order chi connectivity index (χ1) is 14.6. The summed E-state index contributed by atoms with van der Waals surface area (Å²) in [6, 6.07) is 6.57. The summed E-state index contributed by atoms with van der Waals surface area (Å²) in [7, 11) is 0. The Morgan fingerprint density at radius 2 is 1.73 bits per heavy atom. The highest BCUT2D eigenvalue weighted by atomic mass is 19.1. The van der Waals surface area contributed by atoms with Crippen molar-refractivity contribution in [1.82, 2.24) is 10.1 Å². The fourth-order valence-electron chi connectivity index (χ4n) is 4.91. The molecule has 1 aromatic heterocycles. The Balaban J connectivity index is 1.56. The maximum atomic E-state index is 13.7. The number of ether oxygens (including phenoxy) is 1. The van der Waals surface area contributed by atoms with Crippen LogP contribution in [0.2, 0.25) is 0 Å². The molecular weight excluding hydrogens is 383 g/mol. The smallest absolute Gasteiger partial charge is 0.276 e. The van der Waals surface area contributed by atoms with Crippen LogP contribution in [0, 0.1) is 12.7 Å². The van der Waals surface area contributed by atoms with E-state index in [1.54, 1.807) is 19.1 Å². The molecule has 162 valence electrons. The van der Waals surface area contributed by atoms with E-state index in [1.807, 2.05) is 0 Å². The Bertz CT molecular complexity index is 836. The van der Waals surface area contributed by atoms with Crippen molar-refractivity contribution >= 4 is 5.91 Å². The van der Waals surface area contributed by atoms with Gasteiger partial charge in [0, 0.05) is 18.2 Å². The van der Waals surface area contributed by atoms with Gasteiger partial charge in [0.05, 0.1) is 5.56 Å². The molecule has 1 amide bonds. The zero-order valence-corrected chi connectivity index (χ0v) is 17.7. The molecule has 0 unspecified atom stereocenters. The topological polar surface area (TPSA) is 55.6 Å². The fourth-order valence-corrected chi connectivity index (χ4v) is 4.91. The van der Waals surface area contributed by atoms with E-state index >= 15 is 0 Å². The van der Waals surface area contributed by atoms with E-state index in [4.69, 9.17) is 9.26 Å². The number of carbonyl (C=O) groups is 1. The number of carbonyl (C=O) groups excluding carboxylic acids is 1. The second kappa shape index (κ2) is 9.63. The van der Waals surface area contributed by atoms with Gasteiger partial charge in [0.1, 0.15) is 23.9 Å². The van der Waals surface area contributed by atoms with Crippen LogP contribution < -0.4 is 4.74 Å². The molecule has 0 spiro atoms. The van der Waals surface area contributed by atoms with E-state index in [0.717, 1.165) is 25.7 Å². The lowest BCUT2D eigenvalue weighted by atomic mass is 9.88. The molecule has 2 saturated carbocycles. The third-order valence-corrected chi connectivity index (χ3v) is 6.54. The van der Waals surface area contributed by atoms with Crippen molar-refractivity contribution < 1.29 is 18.4 Å². The van der Waals surface area contributed by atoms with E-state index < -0.39 is 0 Å². The normalized spacial score (nSPS) is 18.3. The Labute approximate surface area is 177 Å². The van der Waals surface area contributed by atoms with Crippen molar-refractivity contribution in [1.29, 1.82) is 0 Å². The molecule has 30 heavy (non-hydrogen) atoms. The summed E-state index contributed by atoms with van der Waals surface area (Å²) in [4.78, 5) is 15.9. The average molecular weight is 415 g/mol. The maximum absolute atomic E-state index is 13.7. The van der Waals surface area contributed by atoms with Crippen LogP contribution in [-0.2, 0) is 6.61 Å². The number of nitrogens with zero attached hydrogens (tertiary/aromatic N) is 2. The van der Waals surface area contributed by atoms with Crippen LogP contribution in [0.15, 0.2) is 28.8 Å². The lowest BCUT2D eigenvalue weighted by molar-refractivity contribution is 0.0436. The van der Waals surface area contributed by atoms with E-state index in [-0.39, 0.29) is 30.4 Å². The maximum Gasteiger partial charge on any atom is 0.276 e. The molecule has 0 atom stereocenters. The highest BCUT2D eigenvalue weighted by Gasteiger charge is 2.35. The van der Waals surface area contributed by atoms with E-state index in [9.17, 15) is 9.18 Å². The number of benzene rings is 1. The summed E-state index contributed by atoms with van der Waals surface area (Å²) in [6.45, 7) is 1.92. The molecule has 0 radical (unpaired) electrons. The second-order valence-corrected chi connectivity index (χ2v) is 8.61. The Morgan fingerprint density at radius 1 is 1.10 bits per heavy atom. The molecule has 2 aliphatic rings. The zero-order valence-electron chi connectivity index (χ0n) is 17.7. The van der Waals surface area contributed by atoms with Crippen molar-refractivity contribution in [2.75, 3.05) is 0 Å². The Morgan fingerprint density at radius 3 is 2.33 bits per heavy atom. The first-order valence-electron chi connectivity index (χ1n) is 11.3. The predicted octanol–water partition coefficient (Wildman–Crippen LogP) is 5.81. The predicted molar refractivity (Wildman–Crippen MR) is 112 cm³/mol. The van der Waals surface area contributed by atoms with Crippen molar-refractivity contribution in [2.45, 2.75) is 89.8 Å². The summed E-state index contributed by atoms with van der Waals surface area (Å²) in [5.41, 5.74) is 1.00. The van der Waals surface area contributed by atoms with Gasteiger partial charge in [0.25, 0.3) is 5.91 Å². The zero-order chi connectivity index (χ0) is 20.9. The highest BCUT2D eigenvalue weighted by molar-refractivity contribution is 5.94. The number of hydrogen-bond donors (Lipinski definition) is 0. The molecule has 1 aromatic carbocycles. The van der Waals surface area contributed by atoms with Gasteiger partial charge in [-0.2, -0.15) is 0 Å². The van der Waals surface area contributed by atoms with E-state index in [2.05, 4.69) is 10.1 Å². The van der Waals surface area contributed by atoms with Gasteiger partial charge < -0.3 is 14.2 Å². The number of halogens is 1. The molecule has 0 bridgehead atoms. The third kappa shape index (κ3) is 4.68. The van der Waals surface area contributed by atoms with Gasteiger partial charge in [-0.15, -0.1) is 0 Å². The molecule has 2 aliphatic carbocycles. The number of rotatable bonds is 6. The number of aromatic nitrogens is 1. The summed E-state index contributed by atoms with van der Waals surface area (Å²) < 4.78 is 24.6. The first-order valence-corrected chi connectivity index (χ1v) is 11.3. The van der Waals surface area contributed by atoms with Gasteiger partial charge in [0.15, 0.2) is 5.69 Å². The SMILES string of the molecule is Cc1onc(C(=O)N(C2CCCCC2)C2CCCCC2)c1COc1cccc(F)c1. The van der Waals surface area contributed by atoms with Gasteiger partial charge in [0.2, 0.25) is 0 Å². The molecule has 1 heterocycles. The van der Waals surface area contributed by atoms with Crippen molar-refractivity contribution in [2.24, 2.45) is 0 Å². The minimum absolute atomic E-state index is 0.0384. The van der Waals surface area contributed by atoms with Crippen LogP contribution in [0.1, 0.15) is 86.0 Å². The number of aryl methyl sites for hydroxylation is 1. The molecule has 2 aromatic rings. The minimum Gasteiger partial charge on any atom is -0.489 e. The fraction of sp³-hybridized carbons (Fsp3) is 0.583. The van der Waals surface area contributed by atoms with Gasteiger partial charge in [-0.25, -0.2) is 4.39 Å². The van der Waals surface area contributed by atoms with Crippen LogP contribution in [0.4, 0.5) is 4.39 Å². The lowest BCUT2D eigenvalue weighted by Gasteiger charge is -2.41. The van der Waals surface area contributed by atoms with Crippen LogP contribution in [0.25, 0.3) is 0 Å². The van der Waals surface area contributed by atoms with E-state index in [0.29, 0.717) is 22.8 Å². The van der Waals surface area contributed by atoms with Crippen LogP contribution in [0.3, 0.4) is 0 Å². The van der Waals surface area contributed by atoms with Crippen LogP contribution in [-0.4, -0.2) is 28.0 Å². The average Bonchev–Trinajstić information content (AvgIpc) is 3.14. The summed E-state index contributed by atoms with van der Waals surface area (Å²) in [5.74, 6) is 0.600. The number of hydrogen-bond acceptors (Lipinski definition) is 4. The van der Waals surface area contributed by atoms with Gasteiger partial charge in [-0.1, -0.05) is 49.7 Å². The Kier molecular flexibility index (Phi) is 6.70. The second-order valence-electron chi connectivity index (χ2n) is 8.61. The molecule has 0 aliphatic heterocycles. The molecule has 2 fully saturated rings. The van der Waals surface area contributed by atoms with Crippen molar-refractivity contribution in [3.05, 3.63) is 47.1 Å². The minimum atomic E-state index is -0.355. The number of amides is 1. The van der Waals surface area contributed by atoms with Crippen molar-refractivity contribution in [3.8, 4) is 5.75 Å². The van der Waals surface area contributed by atoms with Gasteiger partial charge >= 0.3 is 0 Å². The quantitative estimate of drug-likeness (QED) is 0.599. The molecular formula is C24H31FN2O3. The van der Waals surface area contributed by atoms with E-state index in [1.165, 1.54) is 50.7 Å². The van der Waals surface area contributed by atoms with Gasteiger partial charge in [-0.05, 0) is 44.7 Å². The van der Waals surface area contributed by atoms with Crippen LogP contribution >= 0.6 is 0 Å². The molecule has 5 nitrogen and oxygen atoms in total. The Hall–Kier alpha value is -2.37. The highest BCUT2D eigenvalue weighted by Crippen LogP contribution is 2.32. The standard InChI is InChI=1S/C24H31FN2O3/c1-17-22(16-29-21-14-8-9-18(25)15-21)23(26-30-17)24(28)27(19-10-4-2-5-11-19)20-12-6-3-7-13-20/h8-9,14-15,19-20H,2-7,10-13,16H2,1H3. The molecule has 4 rings (SSSR count). The summed E-state index contributed by atoms with van der Waals surface area (Å²) in [5, 5.41) is 4.14. The van der Waals surface area contributed by atoms with Gasteiger partial charge in [-0.3, -0.25) is 4.79 Å². The lowest BCUT2D eigenvalue weighted by Crippen LogP contribution is -2.49. The van der Waals surface area contributed by atoms with Crippen molar-refractivity contribution in [3.63, 3.8) is 0 Å². The molecule has 6 heteroatoms. The summed E-state index contributed by atoms with van der Waals surface area (Å²) in [6.07, 6.45) is 11.5. The molecule has 0 saturated heterocycles. The van der Waals surface area contributed by atoms with Crippen LogP contribution in [0.5, 0.6) is 5.75 Å². The third-order valence-electron chi connectivity index (χ3n) is 6.54. The monoisotopic (exact) mass is 414 g/mol.